The van der Waals surface area contributed by atoms with E-state index in [0.717, 1.165) is 18.5 Å². The monoisotopic (exact) mass is 200 g/mol. The van der Waals surface area contributed by atoms with E-state index in [-0.39, 0.29) is 5.41 Å². The molecule has 0 aromatic heterocycles. The number of likely N-dealkylation sites (N-methyl/N-ethyl adjacent to an activating group) is 1. The molecule has 1 heterocycles. The van der Waals surface area contributed by atoms with Crippen molar-refractivity contribution in [3.63, 3.8) is 0 Å². The third kappa shape index (κ3) is 1.59. The maximum absolute atomic E-state index is 9.09. The Morgan fingerprint density at radius 1 is 1.40 bits per heavy atom. The van der Waals surface area contributed by atoms with Gasteiger partial charge in [-0.25, -0.2) is 0 Å². The fourth-order valence-corrected chi connectivity index (χ4v) is 2.02. The van der Waals surface area contributed by atoms with Crippen LogP contribution in [0.1, 0.15) is 25.0 Å². The van der Waals surface area contributed by atoms with E-state index < -0.39 is 0 Å². The van der Waals surface area contributed by atoms with E-state index in [0.29, 0.717) is 0 Å². The van der Waals surface area contributed by atoms with Gasteiger partial charge < -0.3 is 4.90 Å². The van der Waals surface area contributed by atoms with Crippen LogP contribution in [-0.2, 0) is 11.8 Å². The summed E-state index contributed by atoms with van der Waals surface area (Å²) in [5.41, 5.74) is 3.43. The molecule has 15 heavy (non-hydrogen) atoms. The van der Waals surface area contributed by atoms with E-state index in [4.69, 9.17) is 5.26 Å². The molecule has 0 spiro atoms. The van der Waals surface area contributed by atoms with Crippen molar-refractivity contribution in [3.05, 3.63) is 29.3 Å². The SMILES string of the molecule is CN1CCc2cc(C(C)(C)C#N)ccc21. The van der Waals surface area contributed by atoms with Gasteiger partial charge in [0.15, 0.2) is 0 Å². The molecule has 0 saturated carbocycles. The first kappa shape index (κ1) is 10.0. The quantitative estimate of drug-likeness (QED) is 0.696. The van der Waals surface area contributed by atoms with Crippen LogP contribution in [0.4, 0.5) is 5.69 Å². The van der Waals surface area contributed by atoms with Gasteiger partial charge in [0.25, 0.3) is 0 Å². The van der Waals surface area contributed by atoms with Crippen LogP contribution < -0.4 is 4.90 Å². The van der Waals surface area contributed by atoms with Crippen molar-refractivity contribution in [1.82, 2.24) is 0 Å². The average Bonchev–Trinajstić information content (AvgIpc) is 2.60. The lowest BCUT2D eigenvalue weighted by atomic mass is 9.85. The van der Waals surface area contributed by atoms with Gasteiger partial charge in [0.05, 0.1) is 11.5 Å². The topological polar surface area (TPSA) is 27.0 Å². The summed E-state index contributed by atoms with van der Waals surface area (Å²) in [6, 6.07) is 8.74. The number of benzene rings is 1. The van der Waals surface area contributed by atoms with Crippen molar-refractivity contribution in [2.75, 3.05) is 18.5 Å². The van der Waals surface area contributed by atoms with E-state index in [2.05, 4.69) is 36.2 Å². The summed E-state index contributed by atoms with van der Waals surface area (Å²) >= 11 is 0. The van der Waals surface area contributed by atoms with E-state index in [1.807, 2.05) is 13.8 Å². The zero-order chi connectivity index (χ0) is 11.1. The van der Waals surface area contributed by atoms with E-state index in [1.165, 1.54) is 11.3 Å². The molecule has 0 saturated heterocycles. The maximum atomic E-state index is 9.09. The normalized spacial score (nSPS) is 14.9. The van der Waals surface area contributed by atoms with Crippen molar-refractivity contribution < 1.29 is 0 Å². The highest BCUT2D eigenvalue weighted by atomic mass is 15.1. The molecule has 0 amide bonds. The summed E-state index contributed by atoms with van der Waals surface area (Å²) in [7, 11) is 2.11. The molecule has 0 unspecified atom stereocenters. The van der Waals surface area contributed by atoms with Crippen LogP contribution in [0, 0.1) is 11.3 Å². The summed E-state index contributed by atoms with van der Waals surface area (Å²) < 4.78 is 0. The lowest BCUT2D eigenvalue weighted by Crippen LogP contribution is -2.14. The third-order valence-electron chi connectivity index (χ3n) is 3.21. The Labute approximate surface area is 91.1 Å². The van der Waals surface area contributed by atoms with Gasteiger partial charge in [-0.05, 0) is 37.5 Å². The zero-order valence-corrected chi connectivity index (χ0v) is 9.54. The van der Waals surface area contributed by atoms with Gasteiger partial charge in [0.1, 0.15) is 0 Å². The van der Waals surface area contributed by atoms with E-state index in [9.17, 15) is 0 Å². The van der Waals surface area contributed by atoms with Gasteiger partial charge in [0.2, 0.25) is 0 Å². The predicted molar refractivity (Wildman–Crippen MR) is 62.1 cm³/mol. The van der Waals surface area contributed by atoms with Gasteiger partial charge in [0, 0.05) is 19.3 Å². The summed E-state index contributed by atoms with van der Waals surface area (Å²) in [5, 5.41) is 9.09. The second kappa shape index (κ2) is 3.27. The minimum absolute atomic E-state index is 0.379. The zero-order valence-electron chi connectivity index (χ0n) is 9.54. The van der Waals surface area contributed by atoms with E-state index >= 15 is 0 Å². The molecular weight excluding hydrogens is 184 g/mol. The Morgan fingerprint density at radius 2 is 2.13 bits per heavy atom. The van der Waals surface area contributed by atoms with Crippen LogP contribution in [0.5, 0.6) is 0 Å². The van der Waals surface area contributed by atoms with Crippen molar-refractivity contribution in [1.29, 1.82) is 5.26 Å². The molecule has 0 atom stereocenters. The van der Waals surface area contributed by atoms with Crippen LogP contribution in [0.3, 0.4) is 0 Å². The molecule has 0 bridgehead atoms. The Kier molecular flexibility index (Phi) is 2.19. The lowest BCUT2D eigenvalue weighted by Gasteiger charge is -2.18. The third-order valence-corrected chi connectivity index (χ3v) is 3.21. The number of anilines is 1. The minimum Gasteiger partial charge on any atom is -0.374 e. The number of hydrogen-bond donors (Lipinski definition) is 0. The molecule has 1 aliphatic heterocycles. The smallest absolute Gasteiger partial charge is 0.0766 e. The Bertz CT molecular complexity index is 427. The average molecular weight is 200 g/mol. The first-order valence-corrected chi connectivity index (χ1v) is 5.30. The van der Waals surface area contributed by atoms with Crippen molar-refractivity contribution >= 4 is 5.69 Å². The number of rotatable bonds is 1. The molecule has 78 valence electrons. The molecule has 2 heteroatoms. The maximum Gasteiger partial charge on any atom is 0.0766 e. The molecule has 0 N–H and O–H groups in total. The Balaban J connectivity index is 2.44. The van der Waals surface area contributed by atoms with Crippen LogP contribution in [-0.4, -0.2) is 13.6 Å². The highest BCUT2D eigenvalue weighted by Crippen LogP contribution is 2.31. The number of hydrogen-bond acceptors (Lipinski definition) is 2. The molecule has 1 aromatic rings. The van der Waals surface area contributed by atoms with E-state index in [1.54, 1.807) is 0 Å². The lowest BCUT2D eigenvalue weighted by molar-refractivity contribution is 0.686. The predicted octanol–water partition coefficient (Wildman–Crippen LogP) is 2.48. The molecule has 0 radical (unpaired) electrons. The first-order valence-electron chi connectivity index (χ1n) is 5.30. The fraction of sp³-hybridized carbons (Fsp3) is 0.462. The number of nitrogens with zero attached hydrogens (tertiary/aromatic N) is 2. The fourth-order valence-electron chi connectivity index (χ4n) is 2.02. The van der Waals surface area contributed by atoms with Crippen molar-refractivity contribution in [2.24, 2.45) is 0 Å². The van der Waals surface area contributed by atoms with Crippen LogP contribution >= 0.6 is 0 Å². The number of nitriles is 1. The van der Waals surface area contributed by atoms with Crippen molar-refractivity contribution in [3.8, 4) is 6.07 Å². The highest BCUT2D eigenvalue weighted by molar-refractivity contribution is 5.59. The highest BCUT2D eigenvalue weighted by Gasteiger charge is 2.23. The van der Waals surface area contributed by atoms with Crippen LogP contribution in [0.2, 0.25) is 0 Å². The van der Waals surface area contributed by atoms with Gasteiger partial charge in [-0.1, -0.05) is 12.1 Å². The Morgan fingerprint density at radius 3 is 2.80 bits per heavy atom. The second-order valence-electron chi connectivity index (χ2n) is 4.75. The molecule has 2 rings (SSSR count). The van der Waals surface area contributed by atoms with Gasteiger partial charge in [-0.2, -0.15) is 5.26 Å². The Hall–Kier alpha value is -1.49. The molecule has 1 aromatic carbocycles. The van der Waals surface area contributed by atoms with Gasteiger partial charge in [-0.15, -0.1) is 0 Å². The molecular formula is C13H16N2. The van der Waals surface area contributed by atoms with Gasteiger partial charge >= 0.3 is 0 Å². The largest absolute Gasteiger partial charge is 0.374 e. The molecule has 2 nitrogen and oxygen atoms in total. The molecule has 1 aliphatic rings. The second-order valence-corrected chi connectivity index (χ2v) is 4.75. The van der Waals surface area contributed by atoms with Crippen LogP contribution in [0.25, 0.3) is 0 Å². The van der Waals surface area contributed by atoms with Gasteiger partial charge in [-0.3, -0.25) is 0 Å². The molecule has 0 fully saturated rings. The summed E-state index contributed by atoms with van der Waals surface area (Å²) in [6.07, 6.45) is 1.10. The molecule has 0 aliphatic carbocycles. The standard InChI is InChI=1S/C13H16N2/c1-13(2,9-14)11-4-5-12-10(8-11)6-7-15(12)3/h4-5,8H,6-7H2,1-3H3. The first-order chi connectivity index (χ1) is 7.04. The summed E-state index contributed by atoms with van der Waals surface area (Å²) in [5.74, 6) is 0. The summed E-state index contributed by atoms with van der Waals surface area (Å²) in [6.45, 7) is 5.02. The van der Waals surface area contributed by atoms with Crippen molar-refractivity contribution in [2.45, 2.75) is 25.7 Å². The minimum atomic E-state index is -0.379. The number of fused-ring (bicyclic) bond motifs is 1. The van der Waals surface area contributed by atoms with Crippen LogP contribution in [0.15, 0.2) is 18.2 Å². The summed E-state index contributed by atoms with van der Waals surface area (Å²) in [4.78, 5) is 2.26.